The Balaban J connectivity index is 2.36. The number of aliphatic hydroxyl groups excluding tert-OH is 1. The molecule has 0 unspecified atom stereocenters. The van der Waals surface area contributed by atoms with Gasteiger partial charge < -0.3 is 9.84 Å². The molecule has 2 rings (SSSR count). The number of benzene rings is 2. The predicted molar refractivity (Wildman–Crippen MR) is 101 cm³/mol. The molecule has 0 aromatic heterocycles. The number of carbonyl (C=O) groups is 1. The second-order valence-corrected chi connectivity index (χ2v) is 7.20. The molecule has 0 bridgehead atoms. The van der Waals surface area contributed by atoms with Gasteiger partial charge in [0.25, 0.3) is 0 Å². The van der Waals surface area contributed by atoms with Gasteiger partial charge in [-0.15, -0.1) is 0 Å². The van der Waals surface area contributed by atoms with E-state index >= 15 is 0 Å². The molecule has 0 fully saturated rings. The van der Waals surface area contributed by atoms with E-state index in [1.165, 1.54) is 6.07 Å². The molecule has 0 saturated carbocycles. The highest BCUT2D eigenvalue weighted by Crippen LogP contribution is 2.30. The van der Waals surface area contributed by atoms with E-state index in [4.69, 9.17) is 4.74 Å². The Kier molecular flexibility index (Phi) is 6.02. The fourth-order valence-electron chi connectivity index (χ4n) is 2.56. The maximum atomic E-state index is 14.6. The van der Waals surface area contributed by atoms with E-state index in [-0.39, 0.29) is 0 Å². The van der Waals surface area contributed by atoms with Gasteiger partial charge in [-0.25, -0.2) is 9.18 Å². The van der Waals surface area contributed by atoms with E-state index in [0.29, 0.717) is 11.1 Å². The van der Waals surface area contributed by atoms with E-state index in [1.807, 2.05) is 18.2 Å². The van der Waals surface area contributed by atoms with Gasteiger partial charge in [-0.1, -0.05) is 49.4 Å². The number of carbonyl (C=O) groups excluding carboxylic acids is 1. The number of halogens is 1. The van der Waals surface area contributed by atoms with Gasteiger partial charge in [0.05, 0.1) is 0 Å². The third kappa shape index (κ3) is 4.95. The molecule has 4 nitrogen and oxygen atoms in total. The Morgan fingerprint density at radius 2 is 1.81 bits per heavy atom. The van der Waals surface area contributed by atoms with Crippen LogP contribution < -0.4 is 0 Å². The van der Waals surface area contributed by atoms with E-state index in [9.17, 15) is 19.6 Å². The lowest BCUT2D eigenvalue weighted by Crippen LogP contribution is -2.25. The number of nitrogens with zero attached hydrogens (tertiary/aromatic N) is 1. The summed E-state index contributed by atoms with van der Waals surface area (Å²) in [6.45, 7) is 6.59. The molecule has 1 N–H and O–H groups in total. The molecule has 0 amide bonds. The molecule has 0 aliphatic rings. The standard InChI is InChI=1S/C22H22FNO3/c1-14(20(25)18(13-24)21(26)27-22(2,3)4)16-10-11-17(19(23)12-16)15-8-6-5-7-9-15/h5-12,14,25H,1-4H3/t14-/m0/s1. The first-order valence-corrected chi connectivity index (χ1v) is 8.55. The summed E-state index contributed by atoms with van der Waals surface area (Å²) in [5.41, 5.74) is 0.334. The van der Waals surface area contributed by atoms with Crippen LogP contribution in [0.4, 0.5) is 4.39 Å². The summed E-state index contributed by atoms with van der Waals surface area (Å²) in [5.74, 6) is -2.55. The molecule has 2 aromatic carbocycles. The maximum absolute atomic E-state index is 14.6. The minimum Gasteiger partial charge on any atom is -0.510 e. The van der Waals surface area contributed by atoms with Crippen molar-refractivity contribution in [3.63, 3.8) is 0 Å². The zero-order chi connectivity index (χ0) is 20.2. The molecule has 2 aromatic rings. The number of hydrogen-bond donors (Lipinski definition) is 1. The number of rotatable bonds is 4. The van der Waals surface area contributed by atoms with Crippen LogP contribution in [-0.4, -0.2) is 16.7 Å². The average Bonchev–Trinajstić information content (AvgIpc) is 2.60. The number of esters is 1. The molecule has 0 spiro atoms. The van der Waals surface area contributed by atoms with E-state index < -0.39 is 34.6 Å². The Labute approximate surface area is 158 Å². The fraction of sp³-hybridized carbons (Fsp3) is 0.273. The first-order valence-electron chi connectivity index (χ1n) is 8.55. The lowest BCUT2D eigenvalue weighted by Gasteiger charge is -2.20. The van der Waals surface area contributed by atoms with Crippen molar-refractivity contribution in [1.82, 2.24) is 0 Å². The molecule has 0 aliphatic heterocycles. The van der Waals surface area contributed by atoms with E-state index in [2.05, 4.69) is 0 Å². The molecule has 0 aliphatic carbocycles. The Morgan fingerprint density at radius 3 is 2.33 bits per heavy atom. The van der Waals surface area contributed by atoms with Gasteiger partial charge in [0.1, 0.15) is 23.2 Å². The van der Waals surface area contributed by atoms with Crippen LogP contribution in [0.1, 0.15) is 39.2 Å². The van der Waals surface area contributed by atoms with Crippen LogP contribution in [0.2, 0.25) is 0 Å². The van der Waals surface area contributed by atoms with Crippen molar-refractivity contribution in [1.29, 1.82) is 5.26 Å². The fourth-order valence-corrected chi connectivity index (χ4v) is 2.56. The summed E-state index contributed by atoms with van der Waals surface area (Å²) in [6, 6.07) is 15.4. The monoisotopic (exact) mass is 367 g/mol. The lowest BCUT2D eigenvalue weighted by molar-refractivity contribution is -0.149. The number of ether oxygens (including phenoxy) is 1. The van der Waals surface area contributed by atoms with Crippen molar-refractivity contribution in [3.05, 3.63) is 71.2 Å². The number of hydrogen-bond acceptors (Lipinski definition) is 4. The first kappa shape index (κ1) is 20.2. The van der Waals surface area contributed by atoms with E-state index in [1.54, 1.807) is 58.0 Å². The van der Waals surface area contributed by atoms with Crippen LogP contribution in [-0.2, 0) is 9.53 Å². The Bertz CT molecular complexity index is 905. The van der Waals surface area contributed by atoms with E-state index in [0.717, 1.165) is 5.56 Å². The van der Waals surface area contributed by atoms with Gasteiger partial charge in [0, 0.05) is 11.5 Å². The highest BCUT2D eigenvalue weighted by atomic mass is 19.1. The highest BCUT2D eigenvalue weighted by molar-refractivity contribution is 5.93. The summed E-state index contributed by atoms with van der Waals surface area (Å²) >= 11 is 0. The van der Waals surface area contributed by atoms with Gasteiger partial charge >= 0.3 is 5.97 Å². The molecule has 5 heteroatoms. The van der Waals surface area contributed by atoms with Crippen LogP contribution in [0.5, 0.6) is 0 Å². The summed E-state index contributed by atoms with van der Waals surface area (Å²) in [7, 11) is 0. The summed E-state index contributed by atoms with van der Waals surface area (Å²) in [6.07, 6.45) is 0. The highest BCUT2D eigenvalue weighted by Gasteiger charge is 2.26. The Morgan fingerprint density at radius 1 is 1.19 bits per heavy atom. The molecule has 1 atom stereocenters. The van der Waals surface area contributed by atoms with Crippen molar-refractivity contribution >= 4 is 5.97 Å². The first-order chi connectivity index (χ1) is 12.6. The maximum Gasteiger partial charge on any atom is 0.352 e. The van der Waals surface area contributed by atoms with Crippen LogP contribution in [0.15, 0.2) is 59.9 Å². The van der Waals surface area contributed by atoms with Crippen molar-refractivity contribution in [3.8, 4) is 17.2 Å². The van der Waals surface area contributed by atoms with Crippen molar-refractivity contribution < 1.29 is 19.0 Å². The lowest BCUT2D eigenvalue weighted by atomic mass is 9.93. The number of nitriles is 1. The van der Waals surface area contributed by atoms with Crippen LogP contribution in [0.25, 0.3) is 11.1 Å². The van der Waals surface area contributed by atoms with Crippen molar-refractivity contribution in [2.75, 3.05) is 0 Å². The van der Waals surface area contributed by atoms with Crippen molar-refractivity contribution in [2.24, 2.45) is 0 Å². The van der Waals surface area contributed by atoms with Crippen LogP contribution >= 0.6 is 0 Å². The molecule has 140 valence electrons. The third-order valence-electron chi connectivity index (χ3n) is 3.96. The second kappa shape index (κ2) is 8.05. The largest absolute Gasteiger partial charge is 0.510 e. The SMILES string of the molecule is C[C@H](C(O)=C(C#N)C(=O)OC(C)(C)C)c1ccc(-c2ccccc2)c(F)c1. The molecular formula is C22H22FNO3. The normalized spacial score (nSPS) is 13.3. The minimum atomic E-state index is -0.907. The van der Waals surface area contributed by atoms with Gasteiger partial charge in [-0.2, -0.15) is 5.26 Å². The van der Waals surface area contributed by atoms with Crippen LogP contribution in [0, 0.1) is 17.1 Å². The van der Waals surface area contributed by atoms with Gasteiger partial charge in [0.2, 0.25) is 0 Å². The third-order valence-corrected chi connectivity index (χ3v) is 3.96. The Hall–Kier alpha value is -3.13. The second-order valence-electron chi connectivity index (χ2n) is 7.20. The molecule has 0 radical (unpaired) electrons. The smallest absolute Gasteiger partial charge is 0.352 e. The molecular weight excluding hydrogens is 345 g/mol. The van der Waals surface area contributed by atoms with Gasteiger partial charge in [0.15, 0.2) is 5.57 Å². The molecule has 0 saturated heterocycles. The quantitative estimate of drug-likeness (QED) is 0.346. The van der Waals surface area contributed by atoms with Crippen molar-refractivity contribution in [2.45, 2.75) is 39.2 Å². The zero-order valence-corrected chi connectivity index (χ0v) is 15.8. The number of allylic oxidation sites excluding steroid dienone is 1. The average molecular weight is 367 g/mol. The zero-order valence-electron chi connectivity index (χ0n) is 15.8. The van der Waals surface area contributed by atoms with Gasteiger partial charge in [-0.05, 0) is 38.0 Å². The predicted octanol–water partition coefficient (Wildman–Crippen LogP) is 5.27. The topological polar surface area (TPSA) is 70.3 Å². The van der Waals surface area contributed by atoms with Crippen LogP contribution in [0.3, 0.4) is 0 Å². The summed E-state index contributed by atoms with van der Waals surface area (Å²) in [5, 5.41) is 19.7. The minimum absolute atomic E-state index is 0.433. The number of aliphatic hydroxyl groups is 1. The molecule has 27 heavy (non-hydrogen) atoms. The summed E-state index contributed by atoms with van der Waals surface area (Å²) < 4.78 is 19.7. The molecule has 0 heterocycles. The summed E-state index contributed by atoms with van der Waals surface area (Å²) in [4.78, 5) is 12.1. The van der Waals surface area contributed by atoms with Gasteiger partial charge in [-0.3, -0.25) is 0 Å².